The topological polar surface area (TPSA) is 26.0 Å². The van der Waals surface area contributed by atoms with Crippen LogP contribution in [0.4, 0.5) is 8.78 Å². The van der Waals surface area contributed by atoms with Crippen molar-refractivity contribution in [1.29, 1.82) is 0 Å². The Morgan fingerprint density at radius 1 is 1.20 bits per heavy atom. The van der Waals surface area contributed by atoms with Crippen molar-refractivity contribution in [1.82, 2.24) is 0 Å². The maximum atomic E-state index is 13.0. The van der Waals surface area contributed by atoms with Gasteiger partial charge in [-0.1, -0.05) is 11.6 Å². The quantitative estimate of drug-likeness (QED) is 0.808. The number of alkyl halides is 2. The number of thiophene rings is 1. The summed E-state index contributed by atoms with van der Waals surface area (Å²) in [6, 6.07) is 3.61. The molecule has 2 N–H and O–H groups in total. The molecule has 0 spiro atoms. The van der Waals surface area contributed by atoms with Gasteiger partial charge in [-0.15, -0.1) is 11.3 Å². The fourth-order valence-electron chi connectivity index (χ4n) is 1.89. The van der Waals surface area contributed by atoms with Crippen LogP contribution in [0, 0.1) is 0 Å². The predicted molar refractivity (Wildman–Crippen MR) is 58.6 cm³/mol. The lowest BCUT2D eigenvalue weighted by atomic mass is 9.80. The molecule has 1 aromatic heterocycles. The Morgan fingerprint density at radius 2 is 1.80 bits per heavy atom. The van der Waals surface area contributed by atoms with E-state index in [1.54, 1.807) is 6.07 Å². The maximum Gasteiger partial charge on any atom is 0.248 e. The van der Waals surface area contributed by atoms with Crippen LogP contribution in [0.2, 0.25) is 4.34 Å². The highest BCUT2D eigenvalue weighted by molar-refractivity contribution is 7.16. The van der Waals surface area contributed by atoms with Crippen molar-refractivity contribution < 1.29 is 8.78 Å². The van der Waals surface area contributed by atoms with Gasteiger partial charge in [0.2, 0.25) is 5.92 Å². The van der Waals surface area contributed by atoms with Gasteiger partial charge in [-0.2, -0.15) is 0 Å². The van der Waals surface area contributed by atoms with Crippen molar-refractivity contribution in [3.63, 3.8) is 0 Å². The first-order valence-corrected chi connectivity index (χ1v) is 6.03. The van der Waals surface area contributed by atoms with E-state index in [0.29, 0.717) is 17.2 Å². The fraction of sp³-hybridized carbons (Fsp3) is 0.600. The van der Waals surface area contributed by atoms with E-state index >= 15 is 0 Å². The van der Waals surface area contributed by atoms with Crippen LogP contribution in [0.15, 0.2) is 12.1 Å². The minimum atomic E-state index is -2.54. The van der Waals surface area contributed by atoms with Crippen LogP contribution in [-0.4, -0.2) is 5.92 Å². The summed E-state index contributed by atoms with van der Waals surface area (Å²) < 4.78 is 26.6. The standard InChI is InChI=1S/C10H12ClF2NS/c11-8-2-1-7(15-8)9(14)3-5-10(12,13)6-4-9/h1-2H,3-6,14H2. The van der Waals surface area contributed by atoms with Gasteiger partial charge >= 0.3 is 0 Å². The largest absolute Gasteiger partial charge is 0.321 e. The van der Waals surface area contributed by atoms with Crippen molar-refractivity contribution in [3.8, 4) is 0 Å². The highest BCUT2D eigenvalue weighted by Crippen LogP contribution is 2.44. The first-order chi connectivity index (χ1) is 6.91. The molecule has 2 rings (SSSR count). The van der Waals surface area contributed by atoms with E-state index < -0.39 is 11.5 Å². The van der Waals surface area contributed by atoms with Crippen molar-refractivity contribution in [2.75, 3.05) is 0 Å². The zero-order chi connectivity index (χ0) is 11.1. The molecule has 15 heavy (non-hydrogen) atoms. The van der Waals surface area contributed by atoms with Gasteiger partial charge in [0.15, 0.2) is 0 Å². The molecule has 1 saturated carbocycles. The second-order valence-electron chi connectivity index (χ2n) is 4.12. The van der Waals surface area contributed by atoms with Crippen molar-refractivity contribution in [2.24, 2.45) is 5.73 Å². The first-order valence-electron chi connectivity index (χ1n) is 4.84. The number of hydrogen-bond donors (Lipinski definition) is 1. The van der Waals surface area contributed by atoms with Crippen molar-refractivity contribution in [2.45, 2.75) is 37.1 Å². The maximum absolute atomic E-state index is 13.0. The van der Waals surface area contributed by atoms with Gasteiger partial charge in [0, 0.05) is 17.7 Å². The molecule has 0 aliphatic heterocycles. The Morgan fingerprint density at radius 3 is 2.27 bits per heavy atom. The highest BCUT2D eigenvalue weighted by atomic mass is 35.5. The molecule has 1 aliphatic rings. The molecule has 0 unspecified atom stereocenters. The summed E-state index contributed by atoms with van der Waals surface area (Å²) in [5.41, 5.74) is 5.54. The van der Waals surface area contributed by atoms with Crippen LogP contribution in [0.25, 0.3) is 0 Å². The monoisotopic (exact) mass is 251 g/mol. The smallest absolute Gasteiger partial charge is 0.248 e. The molecule has 0 bridgehead atoms. The Labute approximate surface area is 96.2 Å². The van der Waals surface area contributed by atoms with Crippen molar-refractivity contribution >= 4 is 22.9 Å². The molecule has 1 aliphatic carbocycles. The van der Waals surface area contributed by atoms with Crippen LogP contribution in [0.1, 0.15) is 30.6 Å². The third-order valence-electron chi connectivity index (χ3n) is 2.94. The average Bonchev–Trinajstić information content (AvgIpc) is 2.59. The summed E-state index contributed by atoms with van der Waals surface area (Å²) in [5, 5.41) is 0. The number of rotatable bonds is 1. The van der Waals surface area contributed by atoms with Gasteiger partial charge in [-0.3, -0.25) is 0 Å². The van der Waals surface area contributed by atoms with Crippen LogP contribution in [0.3, 0.4) is 0 Å². The molecule has 5 heteroatoms. The van der Waals surface area contributed by atoms with Gasteiger partial charge in [-0.25, -0.2) is 8.78 Å². The van der Waals surface area contributed by atoms with Gasteiger partial charge in [-0.05, 0) is 25.0 Å². The van der Waals surface area contributed by atoms with Crippen LogP contribution in [0.5, 0.6) is 0 Å². The third-order valence-corrected chi connectivity index (χ3v) is 4.39. The second kappa shape index (κ2) is 3.68. The molecule has 1 fully saturated rings. The summed E-state index contributed by atoms with van der Waals surface area (Å²) in [5.74, 6) is -2.54. The van der Waals surface area contributed by atoms with Gasteiger partial charge < -0.3 is 5.73 Å². The lowest BCUT2D eigenvalue weighted by molar-refractivity contribution is -0.0509. The lowest BCUT2D eigenvalue weighted by Crippen LogP contribution is -2.42. The van der Waals surface area contributed by atoms with Crippen LogP contribution in [-0.2, 0) is 5.54 Å². The van der Waals surface area contributed by atoms with E-state index in [1.807, 2.05) is 6.07 Å². The van der Waals surface area contributed by atoms with E-state index in [-0.39, 0.29) is 12.8 Å². The Hall–Kier alpha value is -0.190. The van der Waals surface area contributed by atoms with Crippen molar-refractivity contribution in [3.05, 3.63) is 21.3 Å². The van der Waals surface area contributed by atoms with Crippen LogP contribution >= 0.6 is 22.9 Å². The predicted octanol–water partition coefficient (Wildman–Crippen LogP) is 3.76. The number of hydrogen-bond acceptors (Lipinski definition) is 2. The summed E-state index contributed by atoms with van der Waals surface area (Å²) >= 11 is 7.20. The average molecular weight is 252 g/mol. The van der Waals surface area contributed by atoms with Gasteiger partial charge in [0.1, 0.15) is 0 Å². The summed E-state index contributed by atoms with van der Waals surface area (Å²) in [7, 11) is 0. The molecule has 0 atom stereocenters. The molecular formula is C10H12ClF2NS. The molecular weight excluding hydrogens is 240 g/mol. The van der Waals surface area contributed by atoms with E-state index in [9.17, 15) is 8.78 Å². The van der Waals surface area contributed by atoms with E-state index in [1.165, 1.54) is 11.3 Å². The molecule has 84 valence electrons. The molecule has 0 saturated heterocycles. The van der Waals surface area contributed by atoms with Gasteiger partial charge in [0.25, 0.3) is 0 Å². The number of nitrogens with two attached hydrogens (primary N) is 1. The zero-order valence-corrected chi connectivity index (χ0v) is 9.68. The Bertz CT molecular complexity index is 354. The number of halogens is 3. The molecule has 1 nitrogen and oxygen atoms in total. The minimum Gasteiger partial charge on any atom is -0.321 e. The molecule has 1 aromatic rings. The summed E-state index contributed by atoms with van der Waals surface area (Å²) in [4.78, 5) is 0.919. The van der Waals surface area contributed by atoms with E-state index in [0.717, 1.165) is 4.88 Å². The highest BCUT2D eigenvalue weighted by Gasteiger charge is 2.42. The van der Waals surface area contributed by atoms with Crippen LogP contribution < -0.4 is 5.73 Å². The Balaban J connectivity index is 2.16. The lowest BCUT2D eigenvalue weighted by Gasteiger charge is -2.36. The molecule has 1 heterocycles. The molecule has 0 aromatic carbocycles. The molecule has 0 radical (unpaired) electrons. The fourth-order valence-corrected chi connectivity index (χ4v) is 3.09. The summed E-state index contributed by atoms with van der Waals surface area (Å²) in [6.45, 7) is 0. The first kappa shape index (κ1) is 11.3. The normalized spacial score (nSPS) is 24.0. The second-order valence-corrected chi connectivity index (χ2v) is 5.83. The summed E-state index contributed by atoms with van der Waals surface area (Å²) in [6.07, 6.45) is 0.408. The zero-order valence-electron chi connectivity index (χ0n) is 8.10. The minimum absolute atomic E-state index is 0.126. The molecule has 0 amide bonds. The van der Waals surface area contributed by atoms with Gasteiger partial charge in [0.05, 0.1) is 9.88 Å². The SMILES string of the molecule is NC1(c2ccc(Cl)s2)CCC(F)(F)CC1. The van der Waals surface area contributed by atoms with E-state index in [2.05, 4.69) is 0 Å². The Kier molecular flexibility index (Phi) is 2.77. The third kappa shape index (κ3) is 2.32. The van der Waals surface area contributed by atoms with E-state index in [4.69, 9.17) is 17.3 Å².